The Hall–Kier alpha value is -3.02. The molecule has 0 aliphatic carbocycles. The van der Waals surface area contributed by atoms with Gasteiger partial charge in [0.15, 0.2) is 11.5 Å². The zero-order chi connectivity index (χ0) is 14.7. The van der Waals surface area contributed by atoms with Gasteiger partial charge in [0, 0.05) is 5.56 Å². The van der Waals surface area contributed by atoms with E-state index in [9.17, 15) is 4.39 Å². The highest BCUT2D eigenvalue weighted by molar-refractivity contribution is 5.79. The number of rotatable bonds is 3. The Balaban J connectivity index is 1.98. The van der Waals surface area contributed by atoms with Crippen LogP contribution in [0.4, 0.5) is 21.6 Å². The molecule has 6 heteroatoms. The third-order valence-corrected chi connectivity index (χ3v) is 2.92. The summed E-state index contributed by atoms with van der Waals surface area (Å²) in [6.07, 6.45) is 0. The molecule has 0 radical (unpaired) electrons. The molecule has 5 nitrogen and oxygen atoms in total. The number of H-pyrrole nitrogens is 1. The van der Waals surface area contributed by atoms with E-state index in [0.29, 0.717) is 17.1 Å². The van der Waals surface area contributed by atoms with Gasteiger partial charge in [-0.1, -0.05) is 18.2 Å². The van der Waals surface area contributed by atoms with Gasteiger partial charge in [-0.2, -0.15) is 10.2 Å². The molecular formula is C15H12FN5. The fourth-order valence-corrected chi connectivity index (χ4v) is 1.87. The Morgan fingerprint density at radius 3 is 2.38 bits per heavy atom. The average Bonchev–Trinajstić information content (AvgIpc) is 2.88. The van der Waals surface area contributed by atoms with Gasteiger partial charge in [-0.3, -0.25) is 5.10 Å². The van der Waals surface area contributed by atoms with Gasteiger partial charge in [0.2, 0.25) is 0 Å². The van der Waals surface area contributed by atoms with Gasteiger partial charge in [-0.25, -0.2) is 4.39 Å². The maximum Gasteiger partial charge on any atom is 0.173 e. The van der Waals surface area contributed by atoms with Crippen LogP contribution in [0.25, 0.3) is 11.3 Å². The van der Waals surface area contributed by atoms with E-state index in [0.717, 1.165) is 5.56 Å². The Kier molecular flexibility index (Phi) is 3.42. The van der Waals surface area contributed by atoms with Gasteiger partial charge in [0.1, 0.15) is 5.82 Å². The molecule has 3 aromatic rings. The van der Waals surface area contributed by atoms with E-state index in [1.807, 2.05) is 30.3 Å². The first-order valence-electron chi connectivity index (χ1n) is 6.30. The fraction of sp³-hybridized carbons (Fsp3) is 0. The van der Waals surface area contributed by atoms with Gasteiger partial charge < -0.3 is 5.73 Å². The SMILES string of the molecule is Nc1n[nH]c(-c2ccc(F)cc2)c1N=Nc1ccccc1. The predicted molar refractivity (Wildman–Crippen MR) is 79.0 cm³/mol. The van der Waals surface area contributed by atoms with E-state index in [1.165, 1.54) is 12.1 Å². The summed E-state index contributed by atoms with van der Waals surface area (Å²) in [6, 6.07) is 15.3. The maximum absolute atomic E-state index is 13.0. The van der Waals surface area contributed by atoms with Gasteiger partial charge in [-0.05, 0) is 36.4 Å². The molecule has 3 N–H and O–H groups in total. The largest absolute Gasteiger partial charge is 0.380 e. The Morgan fingerprint density at radius 2 is 1.67 bits per heavy atom. The molecule has 0 saturated heterocycles. The minimum absolute atomic E-state index is 0.244. The van der Waals surface area contributed by atoms with Crippen LogP contribution < -0.4 is 5.73 Å². The summed E-state index contributed by atoms with van der Waals surface area (Å²) in [7, 11) is 0. The highest BCUT2D eigenvalue weighted by Gasteiger charge is 2.12. The lowest BCUT2D eigenvalue weighted by Gasteiger charge is -1.99. The molecule has 0 fully saturated rings. The third-order valence-electron chi connectivity index (χ3n) is 2.92. The third kappa shape index (κ3) is 2.79. The van der Waals surface area contributed by atoms with Crippen LogP contribution in [0.2, 0.25) is 0 Å². The van der Waals surface area contributed by atoms with Crippen molar-refractivity contribution in [3.63, 3.8) is 0 Å². The monoisotopic (exact) mass is 281 g/mol. The van der Waals surface area contributed by atoms with Crippen molar-refractivity contribution in [2.75, 3.05) is 5.73 Å². The van der Waals surface area contributed by atoms with Crippen LogP contribution in [0, 0.1) is 5.82 Å². The number of benzene rings is 2. The molecule has 2 aromatic carbocycles. The van der Waals surface area contributed by atoms with Crippen molar-refractivity contribution in [3.8, 4) is 11.3 Å². The number of nitrogen functional groups attached to an aromatic ring is 1. The number of nitrogens with two attached hydrogens (primary N) is 1. The van der Waals surface area contributed by atoms with E-state index in [1.54, 1.807) is 12.1 Å². The molecule has 1 aromatic heterocycles. The molecule has 0 spiro atoms. The molecule has 21 heavy (non-hydrogen) atoms. The molecule has 1 heterocycles. The summed E-state index contributed by atoms with van der Waals surface area (Å²) >= 11 is 0. The van der Waals surface area contributed by atoms with Crippen LogP contribution in [-0.2, 0) is 0 Å². The molecule has 104 valence electrons. The normalized spacial score (nSPS) is 11.1. The van der Waals surface area contributed by atoms with Crippen molar-refractivity contribution >= 4 is 17.2 Å². The van der Waals surface area contributed by atoms with Crippen molar-refractivity contribution in [1.82, 2.24) is 10.2 Å². The number of hydrogen-bond donors (Lipinski definition) is 2. The molecule has 0 saturated carbocycles. The number of aromatic nitrogens is 2. The van der Waals surface area contributed by atoms with Crippen LogP contribution in [0.1, 0.15) is 0 Å². The average molecular weight is 281 g/mol. The number of hydrogen-bond acceptors (Lipinski definition) is 4. The number of halogens is 1. The molecular weight excluding hydrogens is 269 g/mol. The second-order valence-electron chi connectivity index (χ2n) is 4.37. The molecule has 3 rings (SSSR count). The van der Waals surface area contributed by atoms with Crippen LogP contribution >= 0.6 is 0 Å². The molecule has 0 bridgehead atoms. The van der Waals surface area contributed by atoms with Crippen LogP contribution in [0.3, 0.4) is 0 Å². The Morgan fingerprint density at radius 1 is 0.952 bits per heavy atom. The molecule has 0 atom stereocenters. The van der Waals surface area contributed by atoms with Gasteiger partial charge in [0.25, 0.3) is 0 Å². The summed E-state index contributed by atoms with van der Waals surface area (Å²) in [5.74, 6) is -0.0623. The van der Waals surface area contributed by atoms with Crippen molar-refractivity contribution in [3.05, 3.63) is 60.4 Å². The fourth-order valence-electron chi connectivity index (χ4n) is 1.87. The topological polar surface area (TPSA) is 79.4 Å². The standard InChI is InChI=1S/C15H12FN5/c16-11-8-6-10(7-9-11)13-14(15(17)21-19-13)20-18-12-4-2-1-3-5-12/h1-9H,(H3,17,19,21). The molecule has 0 aliphatic rings. The predicted octanol–water partition coefficient (Wildman–Crippen LogP) is 4.21. The highest BCUT2D eigenvalue weighted by Crippen LogP contribution is 2.34. The van der Waals surface area contributed by atoms with Crippen LogP contribution in [0.15, 0.2) is 64.8 Å². The van der Waals surface area contributed by atoms with Crippen LogP contribution in [-0.4, -0.2) is 10.2 Å². The molecule has 0 aliphatic heterocycles. The number of aromatic amines is 1. The highest BCUT2D eigenvalue weighted by atomic mass is 19.1. The van der Waals surface area contributed by atoms with Crippen molar-refractivity contribution in [1.29, 1.82) is 0 Å². The van der Waals surface area contributed by atoms with E-state index >= 15 is 0 Å². The van der Waals surface area contributed by atoms with Crippen LogP contribution in [0.5, 0.6) is 0 Å². The van der Waals surface area contributed by atoms with E-state index < -0.39 is 0 Å². The lowest BCUT2D eigenvalue weighted by atomic mass is 10.1. The number of nitrogens with one attached hydrogen (secondary N) is 1. The van der Waals surface area contributed by atoms with Crippen molar-refractivity contribution < 1.29 is 4.39 Å². The van der Waals surface area contributed by atoms with E-state index in [2.05, 4.69) is 20.4 Å². The van der Waals surface area contributed by atoms with Crippen molar-refractivity contribution in [2.45, 2.75) is 0 Å². The van der Waals surface area contributed by atoms with E-state index in [-0.39, 0.29) is 11.6 Å². The maximum atomic E-state index is 13.0. The first-order valence-corrected chi connectivity index (χ1v) is 6.30. The summed E-state index contributed by atoms with van der Waals surface area (Å²) in [5.41, 5.74) is 8.29. The minimum Gasteiger partial charge on any atom is -0.380 e. The summed E-state index contributed by atoms with van der Waals surface area (Å²) in [6.45, 7) is 0. The van der Waals surface area contributed by atoms with E-state index in [4.69, 9.17) is 5.73 Å². The number of azo groups is 1. The van der Waals surface area contributed by atoms with Gasteiger partial charge in [0.05, 0.1) is 11.4 Å². The molecule has 0 amide bonds. The first-order chi connectivity index (χ1) is 10.2. The Bertz CT molecular complexity index is 763. The zero-order valence-corrected chi connectivity index (χ0v) is 11.0. The zero-order valence-electron chi connectivity index (χ0n) is 11.0. The Labute approximate surface area is 120 Å². The quantitative estimate of drug-likeness (QED) is 0.705. The minimum atomic E-state index is -0.307. The van der Waals surface area contributed by atoms with Gasteiger partial charge in [-0.15, -0.1) is 5.11 Å². The summed E-state index contributed by atoms with van der Waals surface area (Å²) in [4.78, 5) is 0. The van der Waals surface area contributed by atoms with Gasteiger partial charge >= 0.3 is 0 Å². The molecule has 0 unspecified atom stereocenters. The second kappa shape index (κ2) is 5.54. The lowest BCUT2D eigenvalue weighted by Crippen LogP contribution is -1.83. The summed E-state index contributed by atoms with van der Waals surface area (Å²) < 4.78 is 13.0. The summed E-state index contributed by atoms with van der Waals surface area (Å²) in [5, 5.41) is 15.0. The number of nitrogens with zero attached hydrogens (tertiary/aromatic N) is 3. The lowest BCUT2D eigenvalue weighted by molar-refractivity contribution is 0.628. The second-order valence-corrected chi connectivity index (χ2v) is 4.37. The van der Waals surface area contributed by atoms with Crippen molar-refractivity contribution in [2.24, 2.45) is 10.2 Å². The number of anilines is 1. The first kappa shape index (κ1) is 13.0. The smallest absolute Gasteiger partial charge is 0.173 e.